The number of fused-ring (bicyclic) bond motifs is 1. The monoisotopic (exact) mass is 431 g/mol. The molecule has 0 unspecified atom stereocenters. The molecule has 1 aromatic rings. The predicted octanol–water partition coefficient (Wildman–Crippen LogP) is 3.39. The second-order valence-corrected chi connectivity index (χ2v) is 9.47. The van der Waals surface area contributed by atoms with Gasteiger partial charge in [-0.3, -0.25) is 4.99 Å². The number of hydrogen-bond acceptors (Lipinski definition) is 5. The predicted molar refractivity (Wildman–Crippen MR) is 119 cm³/mol. The molecule has 6 nitrogen and oxygen atoms in total. The smallest absolute Gasteiger partial charge is 0.352 e. The Hall–Kier alpha value is -2.05. The van der Waals surface area contributed by atoms with Crippen LogP contribution in [0.5, 0.6) is 0 Å². The van der Waals surface area contributed by atoms with Gasteiger partial charge < -0.3 is 20.8 Å². The van der Waals surface area contributed by atoms with Gasteiger partial charge in [-0.2, -0.15) is 0 Å². The Bertz CT molecular complexity index is 918. The minimum Gasteiger partial charge on any atom is -0.477 e. The maximum absolute atomic E-state index is 11.4. The molecular formula is C23H30ClN3O3. The largest absolute Gasteiger partial charge is 0.477 e. The first-order valence-corrected chi connectivity index (χ1v) is 11.1. The van der Waals surface area contributed by atoms with E-state index >= 15 is 0 Å². The van der Waals surface area contributed by atoms with Crippen molar-refractivity contribution >= 4 is 29.0 Å². The highest BCUT2D eigenvalue weighted by Gasteiger charge is 2.56. The molecule has 1 heterocycles. The van der Waals surface area contributed by atoms with Crippen LogP contribution in [0.1, 0.15) is 38.2 Å². The van der Waals surface area contributed by atoms with Crippen LogP contribution < -0.4 is 10.6 Å². The van der Waals surface area contributed by atoms with Crippen LogP contribution in [0.25, 0.3) is 0 Å². The molecule has 4 rings (SSSR count). The van der Waals surface area contributed by atoms with Gasteiger partial charge in [-0.15, -0.1) is 0 Å². The number of nitrogens with two attached hydrogens (primary N) is 1. The third-order valence-electron chi connectivity index (χ3n) is 7.31. The van der Waals surface area contributed by atoms with Gasteiger partial charge in [-0.05, 0) is 68.1 Å². The van der Waals surface area contributed by atoms with Gasteiger partial charge in [0.25, 0.3) is 0 Å². The van der Waals surface area contributed by atoms with E-state index in [1.807, 2.05) is 19.1 Å². The Kier molecular flexibility index (Phi) is 5.58. The zero-order valence-corrected chi connectivity index (χ0v) is 18.3. The summed E-state index contributed by atoms with van der Waals surface area (Å²) >= 11 is 6.26. The number of carboxylic acids is 1. The molecule has 1 aromatic carbocycles. The summed E-state index contributed by atoms with van der Waals surface area (Å²) in [5, 5.41) is 21.1. The van der Waals surface area contributed by atoms with Gasteiger partial charge in [-0.1, -0.05) is 24.6 Å². The van der Waals surface area contributed by atoms with E-state index in [9.17, 15) is 15.0 Å². The molecule has 0 aromatic heterocycles. The van der Waals surface area contributed by atoms with Crippen LogP contribution in [0, 0.1) is 24.7 Å². The number of aliphatic imine (C=N–C) groups is 1. The van der Waals surface area contributed by atoms with Crippen molar-refractivity contribution in [2.24, 2.45) is 28.5 Å². The van der Waals surface area contributed by atoms with Crippen LogP contribution >= 0.6 is 11.6 Å². The maximum Gasteiger partial charge on any atom is 0.352 e. The Labute approximate surface area is 182 Å². The number of nitrogens with zero attached hydrogens (tertiary/aromatic N) is 2. The third kappa shape index (κ3) is 3.83. The molecular weight excluding hydrogens is 402 g/mol. The Morgan fingerprint density at radius 2 is 2.07 bits per heavy atom. The Morgan fingerprint density at radius 1 is 1.37 bits per heavy atom. The molecule has 3 aliphatic rings. The summed E-state index contributed by atoms with van der Waals surface area (Å²) in [6, 6.07) is 5.93. The first-order chi connectivity index (χ1) is 14.2. The van der Waals surface area contributed by atoms with Crippen molar-refractivity contribution in [3.8, 4) is 0 Å². The van der Waals surface area contributed by atoms with Crippen molar-refractivity contribution in [1.82, 2.24) is 0 Å². The summed E-state index contributed by atoms with van der Waals surface area (Å²) in [4.78, 5) is 18.3. The summed E-state index contributed by atoms with van der Waals surface area (Å²) in [7, 11) is 0. The number of piperidine rings is 1. The third-order valence-corrected chi connectivity index (χ3v) is 7.72. The number of aliphatic carboxylic acids is 1. The number of halogens is 1. The molecule has 7 heteroatoms. The van der Waals surface area contributed by atoms with Crippen molar-refractivity contribution in [3.63, 3.8) is 0 Å². The molecule has 0 bridgehead atoms. The quantitative estimate of drug-likeness (QED) is 0.620. The second-order valence-electron chi connectivity index (χ2n) is 9.06. The summed E-state index contributed by atoms with van der Waals surface area (Å²) in [6.07, 6.45) is 2.72. The maximum atomic E-state index is 11.4. The van der Waals surface area contributed by atoms with Crippen LogP contribution in [0.4, 0.5) is 5.69 Å². The van der Waals surface area contributed by atoms with E-state index in [-0.39, 0.29) is 11.6 Å². The summed E-state index contributed by atoms with van der Waals surface area (Å²) in [5.74, 6) is 0.135. The molecule has 1 saturated heterocycles. The molecule has 0 radical (unpaired) electrons. The summed E-state index contributed by atoms with van der Waals surface area (Å²) in [6.45, 7) is 6.20. The highest BCUT2D eigenvalue weighted by atomic mass is 35.5. The number of carboxylic acid groups (broad SMARTS) is 1. The van der Waals surface area contributed by atoms with Gasteiger partial charge >= 0.3 is 5.97 Å². The summed E-state index contributed by atoms with van der Waals surface area (Å²) < 4.78 is 0. The van der Waals surface area contributed by atoms with Crippen LogP contribution in [-0.2, 0) is 4.79 Å². The van der Waals surface area contributed by atoms with E-state index in [1.165, 1.54) is 0 Å². The second kappa shape index (κ2) is 7.89. The van der Waals surface area contributed by atoms with Crippen LogP contribution in [0.2, 0.25) is 5.02 Å². The number of anilines is 1. The van der Waals surface area contributed by atoms with E-state index in [2.05, 4.69) is 22.9 Å². The fraction of sp³-hybridized carbons (Fsp3) is 0.565. The van der Waals surface area contributed by atoms with Crippen molar-refractivity contribution in [1.29, 1.82) is 0 Å². The van der Waals surface area contributed by atoms with Crippen LogP contribution in [0.15, 0.2) is 34.5 Å². The molecule has 3 atom stereocenters. The normalized spacial score (nSPS) is 30.3. The Balaban J connectivity index is 1.37. The van der Waals surface area contributed by atoms with Gasteiger partial charge in [0.05, 0.1) is 5.60 Å². The fourth-order valence-corrected chi connectivity index (χ4v) is 5.38. The van der Waals surface area contributed by atoms with E-state index in [4.69, 9.17) is 17.3 Å². The molecule has 0 spiro atoms. The van der Waals surface area contributed by atoms with E-state index < -0.39 is 11.6 Å². The van der Waals surface area contributed by atoms with Crippen molar-refractivity contribution in [2.75, 3.05) is 24.5 Å². The van der Waals surface area contributed by atoms with Gasteiger partial charge in [0.2, 0.25) is 0 Å². The molecule has 2 aliphatic carbocycles. The molecule has 30 heavy (non-hydrogen) atoms. The van der Waals surface area contributed by atoms with Crippen molar-refractivity contribution < 1.29 is 15.0 Å². The van der Waals surface area contributed by atoms with Crippen LogP contribution in [0.3, 0.4) is 0 Å². The lowest BCUT2D eigenvalue weighted by atomic mass is 9.87. The zero-order valence-electron chi connectivity index (χ0n) is 17.6. The molecule has 4 N–H and O–H groups in total. The standard InChI is InChI=1S/C23H30ClN3O3/c1-13-15-12-17(20(19(13)15)21(25)22(28)29)26-9-6-23(30)7-10-27(11-8-23)18-5-3-4-16(24)14(18)2/h3-5,13,15,19,30H,6-12,25H2,1-2H3,(H,28,29)/t13-,15+,19-/m1/s1. The molecule has 0 amide bonds. The molecule has 1 aliphatic heterocycles. The van der Waals surface area contributed by atoms with Crippen molar-refractivity contribution in [3.05, 3.63) is 40.1 Å². The first-order valence-electron chi connectivity index (χ1n) is 10.7. The summed E-state index contributed by atoms with van der Waals surface area (Å²) in [5.41, 5.74) is 8.82. The Morgan fingerprint density at radius 3 is 2.73 bits per heavy atom. The lowest BCUT2D eigenvalue weighted by Crippen LogP contribution is -2.45. The van der Waals surface area contributed by atoms with E-state index in [0.29, 0.717) is 37.6 Å². The topological polar surface area (TPSA) is 99.1 Å². The minimum atomic E-state index is -1.07. The molecule has 3 fully saturated rings. The minimum absolute atomic E-state index is 0.0606. The van der Waals surface area contributed by atoms with Gasteiger partial charge in [0.15, 0.2) is 0 Å². The number of aliphatic hydroxyl groups is 1. The number of hydrogen-bond donors (Lipinski definition) is 3. The van der Waals surface area contributed by atoms with Gasteiger partial charge in [0, 0.05) is 41.6 Å². The zero-order chi connectivity index (χ0) is 21.6. The SMILES string of the molecule is Cc1c(Cl)cccc1N1CCC(O)(CCN=C2C[C@H]3[C@@H](C)[C@H]3C2=C(N)C(=O)O)CC1. The highest BCUT2D eigenvalue weighted by Crippen LogP contribution is 2.59. The lowest BCUT2D eigenvalue weighted by Gasteiger charge is -2.39. The molecule has 2 saturated carbocycles. The molecule has 162 valence electrons. The highest BCUT2D eigenvalue weighted by molar-refractivity contribution is 6.31. The van der Waals surface area contributed by atoms with E-state index in [0.717, 1.165) is 47.1 Å². The van der Waals surface area contributed by atoms with Crippen molar-refractivity contribution in [2.45, 2.75) is 45.1 Å². The van der Waals surface area contributed by atoms with Gasteiger partial charge in [-0.25, -0.2) is 4.79 Å². The number of rotatable bonds is 5. The number of benzene rings is 1. The van der Waals surface area contributed by atoms with Gasteiger partial charge in [0.1, 0.15) is 5.70 Å². The fourth-order valence-electron chi connectivity index (χ4n) is 5.21. The number of allylic oxidation sites excluding steroid dienone is 1. The van der Waals surface area contributed by atoms with E-state index in [1.54, 1.807) is 0 Å². The average Bonchev–Trinajstić information content (AvgIpc) is 3.16. The van der Waals surface area contributed by atoms with Crippen LogP contribution in [-0.4, -0.2) is 47.1 Å². The lowest BCUT2D eigenvalue weighted by molar-refractivity contribution is -0.132. The number of carbonyl (C=O) groups is 1. The average molecular weight is 432 g/mol. The first kappa shape index (κ1) is 21.2.